The van der Waals surface area contributed by atoms with E-state index in [-0.39, 0.29) is 4.90 Å². The first-order valence-electron chi connectivity index (χ1n) is 5.66. The standard InChI is InChI=1S/C12H13F2NO5S/c13-12(14,8-16)7-15-21(19,20)10-4-1-9(2-5-10)3-6-11(17)18/h1-6,15-16H,7-8H2,(H,17,18)/b6-3+. The highest BCUT2D eigenvalue weighted by molar-refractivity contribution is 7.89. The number of halogens is 2. The second-order valence-electron chi connectivity index (χ2n) is 4.08. The highest BCUT2D eigenvalue weighted by Crippen LogP contribution is 2.15. The molecule has 0 unspecified atom stereocenters. The number of hydrogen-bond acceptors (Lipinski definition) is 4. The molecule has 0 saturated carbocycles. The first-order chi connectivity index (χ1) is 9.66. The molecule has 3 N–H and O–H groups in total. The van der Waals surface area contributed by atoms with Gasteiger partial charge in [-0.05, 0) is 23.8 Å². The number of hydrogen-bond donors (Lipinski definition) is 3. The molecule has 0 aliphatic rings. The van der Waals surface area contributed by atoms with E-state index in [0.717, 1.165) is 18.2 Å². The molecule has 0 aliphatic heterocycles. The number of benzene rings is 1. The first-order valence-corrected chi connectivity index (χ1v) is 7.14. The third-order valence-corrected chi connectivity index (χ3v) is 3.78. The lowest BCUT2D eigenvalue weighted by Crippen LogP contribution is -2.38. The van der Waals surface area contributed by atoms with Crippen molar-refractivity contribution in [3.05, 3.63) is 35.9 Å². The molecule has 1 aromatic carbocycles. The summed E-state index contributed by atoms with van der Waals surface area (Å²) in [5.74, 6) is -4.70. The summed E-state index contributed by atoms with van der Waals surface area (Å²) < 4.78 is 50.7. The lowest BCUT2D eigenvalue weighted by atomic mass is 10.2. The fourth-order valence-electron chi connectivity index (χ4n) is 1.27. The van der Waals surface area contributed by atoms with Gasteiger partial charge < -0.3 is 10.2 Å². The first kappa shape index (κ1) is 17.2. The number of alkyl halides is 2. The Morgan fingerprint density at radius 3 is 2.33 bits per heavy atom. The maximum Gasteiger partial charge on any atom is 0.328 e. The molecular formula is C12H13F2NO5S. The van der Waals surface area contributed by atoms with Crippen LogP contribution in [-0.4, -0.2) is 43.7 Å². The number of aliphatic hydroxyl groups is 1. The van der Waals surface area contributed by atoms with Crippen LogP contribution >= 0.6 is 0 Å². The van der Waals surface area contributed by atoms with Crippen LogP contribution in [0.1, 0.15) is 5.56 Å². The summed E-state index contributed by atoms with van der Waals surface area (Å²) in [4.78, 5) is 10.1. The minimum absolute atomic E-state index is 0.247. The molecule has 0 radical (unpaired) electrons. The third kappa shape index (κ3) is 5.58. The highest BCUT2D eigenvalue weighted by Gasteiger charge is 2.30. The van der Waals surface area contributed by atoms with Crippen LogP contribution in [0.25, 0.3) is 6.08 Å². The van der Waals surface area contributed by atoms with Gasteiger partial charge in [-0.25, -0.2) is 26.7 Å². The lowest BCUT2D eigenvalue weighted by Gasteiger charge is -2.14. The summed E-state index contributed by atoms with van der Waals surface area (Å²) in [7, 11) is -4.13. The number of sulfonamides is 1. The predicted octanol–water partition coefficient (Wildman–Crippen LogP) is 0.690. The Balaban J connectivity index is 2.83. The fraction of sp³-hybridized carbons (Fsp3) is 0.250. The van der Waals surface area contributed by atoms with E-state index >= 15 is 0 Å². The van der Waals surface area contributed by atoms with Crippen LogP contribution in [0.2, 0.25) is 0 Å². The summed E-state index contributed by atoms with van der Waals surface area (Å²) in [6.45, 7) is -2.68. The van der Waals surface area contributed by atoms with E-state index in [4.69, 9.17) is 10.2 Å². The zero-order valence-electron chi connectivity index (χ0n) is 10.7. The van der Waals surface area contributed by atoms with Gasteiger partial charge in [-0.1, -0.05) is 12.1 Å². The van der Waals surface area contributed by atoms with Crippen LogP contribution < -0.4 is 4.72 Å². The summed E-state index contributed by atoms with van der Waals surface area (Å²) in [6, 6.07) is 4.97. The minimum Gasteiger partial charge on any atom is -0.478 e. The SMILES string of the molecule is O=C(O)/C=C/c1ccc(S(=O)(=O)NCC(F)(F)CO)cc1. The molecule has 6 nitrogen and oxygen atoms in total. The number of carbonyl (C=O) groups is 1. The molecule has 1 aromatic rings. The van der Waals surface area contributed by atoms with Crippen molar-refractivity contribution in [2.24, 2.45) is 0 Å². The van der Waals surface area contributed by atoms with Gasteiger partial charge in [0, 0.05) is 6.08 Å². The molecule has 21 heavy (non-hydrogen) atoms. The Morgan fingerprint density at radius 2 is 1.86 bits per heavy atom. The number of carboxylic acids is 1. The Kier molecular flexibility index (Phi) is 5.53. The zero-order valence-corrected chi connectivity index (χ0v) is 11.5. The Hall–Kier alpha value is -1.84. The second kappa shape index (κ2) is 6.74. The van der Waals surface area contributed by atoms with Gasteiger partial charge in [0.1, 0.15) is 6.61 Å². The number of aliphatic carboxylic acids is 1. The van der Waals surface area contributed by atoms with Gasteiger partial charge in [0.05, 0.1) is 11.4 Å². The summed E-state index contributed by atoms with van der Waals surface area (Å²) in [6.07, 6.45) is 2.13. The highest BCUT2D eigenvalue weighted by atomic mass is 32.2. The summed E-state index contributed by atoms with van der Waals surface area (Å²) in [5, 5.41) is 16.8. The molecule has 116 valence electrons. The zero-order chi connectivity index (χ0) is 16.1. The van der Waals surface area contributed by atoms with Gasteiger partial charge in [-0.3, -0.25) is 0 Å². The summed E-state index contributed by atoms with van der Waals surface area (Å²) in [5.41, 5.74) is 0.442. The van der Waals surface area contributed by atoms with Crippen molar-refractivity contribution in [3.63, 3.8) is 0 Å². The Bertz CT molecular complexity index is 626. The minimum atomic E-state index is -4.13. The summed E-state index contributed by atoms with van der Waals surface area (Å²) >= 11 is 0. The van der Waals surface area contributed by atoms with Crippen molar-refractivity contribution in [3.8, 4) is 0 Å². The molecule has 0 aromatic heterocycles. The molecule has 0 bridgehead atoms. The molecule has 0 saturated heterocycles. The molecule has 0 fully saturated rings. The normalized spacial score (nSPS) is 12.7. The van der Waals surface area contributed by atoms with Crippen molar-refractivity contribution in [2.45, 2.75) is 10.8 Å². The van der Waals surface area contributed by atoms with Crippen molar-refractivity contribution >= 4 is 22.1 Å². The molecule has 9 heteroatoms. The van der Waals surface area contributed by atoms with Gasteiger partial charge in [0.25, 0.3) is 5.92 Å². The van der Waals surface area contributed by atoms with Crippen molar-refractivity contribution in [1.29, 1.82) is 0 Å². The van der Waals surface area contributed by atoms with Crippen LogP contribution in [0.5, 0.6) is 0 Å². The Morgan fingerprint density at radius 1 is 1.29 bits per heavy atom. The Labute approximate surface area is 119 Å². The monoisotopic (exact) mass is 321 g/mol. The molecule has 0 atom stereocenters. The topological polar surface area (TPSA) is 104 Å². The van der Waals surface area contributed by atoms with Gasteiger partial charge in [0.2, 0.25) is 10.0 Å². The number of rotatable bonds is 7. The number of carboxylic acid groups (broad SMARTS) is 1. The number of nitrogens with one attached hydrogen (secondary N) is 1. The van der Waals surface area contributed by atoms with Gasteiger partial charge in [0.15, 0.2) is 0 Å². The van der Waals surface area contributed by atoms with E-state index in [1.807, 2.05) is 0 Å². The van der Waals surface area contributed by atoms with E-state index in [1.165, 1.54) is 18.2 Å². The van der Waals surface area contributed by atoms with Gasteiger partial charge in [-0.15, -0.1) is 0 Å². The van der Waals surface area contributed by atoms with Crippen LogP contribution in [0.3, 0.4) is 0 Å². The van der Waals surface area contributed by atoms with Crippen LogP contribution in [-0.2, 0) is 14.8 Å². The lowest BCUT2D eigenvalue weighted by molar-refractivity contribution is -0.131. The quantitative estimate of drug-likeness (QED) is 0.641. The van der Waals surface area contributed by atoms with Crippen molar-refractivity contribution < 1.29 is 32.2 Å². The molecule has 1 rings (SSSR count). The molecule has 0 spiro atoms. The smallest absolute Gasteiger partial charge is 0.328 e. The van der Waals surface area contributed by atoms with E-state index < -0.39 is 35.1 Å². The van der Waals surface area contributed by atoms with Crippen LogP contribution in [0, 0.1) is 0 Å². The average Bonchev–Trinajstić information content (AvgIpc) is 2.44. The van der Waals surface area contributed by atoms with E-state index in [2.05, 4.69) is 0 Å². The molecular weight excluding hydrogens is 308 g/mol. The van der Waals surface area contributed by atoms with Crippen molar-refractivity contribution in [1.82, 2.24) is 4.72 Å². The van der Waals surface area contributed by atoms with Crippen LogP contribution in [0.15, 0.2) is 35.2 Å². The van der Waals surface area contributed by atoms with Crippen molar-refractivity contribution in [2.75, 3.05) is 13.2 Å². The maximum absolute atomic E-state index is 12.8. The van der Waals surface area contributed by atoms with E-state index in [9.17, 15) is 22.0 Å². The predicted molar refractivity (Wildman–Crippen MR) is 70.3 cm³/mol. The molecule has 0 heterocycles. The fourth-order valence-corrected chi connectivity index (χ4v) is 2.33. The average molecular weight is 321 g/mol. The largest absolute Gasteiger partial charge is 0.478 e. The molecule has 0 aliphatic carbocycles. The van der Waals surface area contributed by atoms with E-state index in [1.54, 1.807) is 4.72 Å². The van der Waals surface area contributed by atoms with Gasteiger partial charge >= 0.3 is 5.97 Å². The second-order valence-corrected chi connectivity index (χ2v) is 5.85. The van der Waals surface area contributed by atoms with Gasteiger partial charge in [-0.2, -0.15) is 0 Å². The maximum atomic E-state index is 12.8. The third-order valence-electron chi connectivity index (χ3n) is 2.36. The van der Waals surface area contributed by atoms with Crippen LogP contribution in [0.4, 0.5) is 8.78 Å². The molecule has 0 amide bonds. The number of aliphatic hydroxyl groups excluding tert-OH is 1. The van der Waals surface area contributed by atoms with E-state index in [0.29, 0.717) is 5.56 Å².